The molecule has 0 aromatic heterocycles. The largest absolute Gasteiger partial charge is 0.472 e. The lowest BCUT2D eigenvalue weighted by atomic mass is 10.0. The van der Waals surface area contributed by atoms with Crippen molar-refractivity contribution < 1.29 is 80.2 Å². The smallest absolute Gasteiger partial charge is 0.462 e. The first-order valence-electron chi connectivity index (χ1n) is 38.6. The van der Waals surface area contributed by atoms with Gasteiger partial charge in [0, 0.05) is 25.7 Å². The number of hydrogen-bond donors (Lipinski definition) is 3. The van der Waals surface area contributed by atoms with Gasteiger partial charge in [0.1, 0.15) is 19.3 Å². The number of esters is 4. The summed E-state index contributed by atoms with van der Waals surface area (Å²) in [6.45, 7) is 7.26. The number of carbonyl (C=O) groups excluding carboxylic acids is 4. The van der Waals surface area contributed by atoms with E-state index in [9.17, 15) is 43.2 Å². The monoisotopic (exact) mass is 1370 g/mol. The van der Waals surface area contributed by atoms with Gasteiger partial charge in [-0.2, -0.15) is 0 Å². The molecule has 0 amide bonds. The van der Waals surface area contributed by atoms with E-state index in [2.05, 4.69) is 34.6 Å². The number of aliphatic hydroxyl groups is 1. The summed E-state index contributed by atoms with van der Waals surface area (Å²) in [5.74, 6) is -1.32. The molecule has 0 spiro atoms. The van der Waals surface area contributed by atoms with Crippen LogP contribution in [0, 0.1) is 5.92 Å². The number of carbonyl (C=O) groups is 4. The van der Waals surface area contributed by atoms with Gasteiger partial charge in [0.15, 0.2) is 12.2 Å². The molecule has 0 fully saturated rings. The summed E-state index contributed by atoms with van der Waals surface area (Å²) in [6, 6.07) is 0. The molecule has 2 unspecified atom stereocenters. The quantitative estimate of drug-likeness (QED) is 0.0222. The Balaban J connectivity index is 5.18. The summed E-state index contributed by atoms with van der Waals surface area (Å²) >= 11 is 0. The highest BCUT2D eigenvalue weighted by Gasteiger charge is 2.30. The summed E-state index contributed by atoms with van der Waals surface area (Å²) in [4.78, 5) is 72.6. The van der Waals surface area contributed by atoms with Gasteiger partial charge >= 0.3 is 39.5 Å². The zero-order valence-corrected chi connectivity index (χ0v) is 62.2. The molecule has 0 saturated carbocycles. The second kappa shape index (κ2) is 67.3. The highest BCUT2D eigenvalue weighted by atomic mass is 31.2. The summed E-state index contributed by atoms with van der Waals surface area (Å²) in [5, 5.41) is 10.6. The Morgan fingerprint density at radius 2 is 0.495 bits per heavy atom. The molecule has 0 aliphatic heterocycles. The van der Waals surface area contributed by atoms with E-state index in [4.69, 9.17) is 37.0 Å². The van der Waals surface area contributed by atoms with Crippen LogP contribution in [0.2, 0.25) is 0 Å². The van der Waals surface area contributed by atoms with Gasteiger partial charge in [0.2, 0.25) is 0 Å². The standard InChI is InChI=1S/C74H144O17P2/c1-6-9-12-15-18-20-22-23-24-25-28-31-35-38-43-48-53-58-72(77)85-64-70(91-74(79)60-55-50-45-40-36-32-29-26-27-30-34-37-42-46-51-56-67(4)5)66-89-93(82,83)87-62-68(75)61-86-92(80,81)88-65-69(63-84-71(76)57-52-47-41-17-14-11-8-3)90-73(78)59-54-49-44-39-33-21-19-16-13-10-7-2/h67-70,75H,6-66H2,1-5H3,(H,80,81)(H,82,83)/t68-,69+,70+/m0/s1. The lowest BCUT2D eigenvalue weighted by Gasteiger charge is -2.21. The summed E-state index contributed by atoms with van der Waals surface area (Å²) in [5.41, 5.74) is 0. The van der Waals surface area contributed by atoms with Crippen LogP contribution in [0.25, 0.3) is 0 Å². The van der Waals surface area contributed by atoms with E-state index in [1.807, 2.05) is 0 Å². The lowest BCUT2D eigenvalue weighted by Crippen LogP contribution is -2.30. The highest BCUT2D eigenvalue weighted by Crippen LogP contribution is 2.45. The number of hydrogen-bond acceptors (Lipinski definition) is 15. The van der Waals surface area contributed by atoms with Crippen LogP contribution in [0.5, 0.6) is 0 Å². The molecular weight excluding hydrogens is 1220 g/mol. The Bertz CT molecular complexity index is 1790. The average molecular weight is 1370 g/mol. The normalized spacial score (nSPS) is 14.0. The third-order valence-corrected chi connectivity index (χ3v) is 19.2. The number of phosphoric ester groups is 2. The van der Waals surface area contributed by atoms with Crippen molar-refractivity contribution in [1.82, 2.24) is 0 Å². The maximum absolute atomic E-state index is 13.1. The second-order valence-electron chi connectivity index (χ2n) is 27.2. The Kier molecular flexibility index (Phi) is 65.9. The molecule has 0 aromatic rings. The third-order valence-electron chi connectivity index (χ3n) is 17.3. The fraction of sp³-hybridized carbons (Fsp3) is 0.946. The van der Waals surface area contributed by atoms with Crippen molar-refractivity contribution in [3.63, 3.8) is 0 Å². The van der Waals surface area contributed by atoms with E-state index in [1.165, 1.54) is 199 Å². The van der Waals surface area contributed by atoms with E-state index in [0.717, 1.165) is 109 Å². The Labute approximate surface area is 568 Å². The van der Waals surface area contributed by atoms with Crippen molar-refractivity contribution in [2.75, 3.05) is 39.6 Å². The summed E-state index contributed by atoms with van der Waals surface area (Å²) < 4.78 is 68.3. The fourth-order valence-electron chi connectivity index (χ4n) is 11.4. The van der Waals surface area contributed by atoms with E-state index < -0.39 is 97.5 Å². The van der Waals surface area contributed by atoms with Crippen LogP contribution in [-0.4, -0.2) is 96.7 Å². The first-order valence-corrected chi connectivity index (χ1v) is 41.6. The van der Waals surface area contributed by atoms with Gasteiger partial charge in [-0.25, -0.2) is 9.13 Å². The molecule has 0 saturated heterocycles. The minimum Gasteiger partial charge on any atom is -0.462 e. The number of ether oxygens (including phenoxy) is 4. The molecule has 0 bridgehead atoms. The molecule has 0 aliphatic carbocycles. The molecule has 0 aliphatic rings. The second-order valence-corrected chi connectivity index (χ2v) is 30.1. The van der Waals surface area contributed by atoms with Crippen LogP contribution in [0.3, 0.4) is 0 Å². The van der Waals surface area contributed by atoms with E-state index in [-0.39, 0.29) is 25.7 Å². The fourth-order valence-corrected chi connectivity index (χ4v) is 12.9. The van der Waals surface area contributed by atoms with Gasteiger partial charge in [-0.1, -0.05) is 336 Å². The predicted molar refractivity (Wildman–Crippen MR) is 377 cm³/mol. The predicted octanol–water partition coefficient (Wildman–Crippen LogP) is 21.7. The zero-order chi connectivity index (χ0) is 68.4. The molecule has 17 nitrogen and oxygen atoms in total. The first-order chi connectivity index (χ1) is 45.0. The minimum absolute atomic E-state index is 0.107. The SMILES string of the molecule is CCCCCCCCCCCCCCCCCCCC(=O)OC[C@H](COP(=O)(O)OC[C@@H](O)COP(=O)(O)OC[C@@H](COC(=O)CCCCCCCCC)OC(=O)CCCCCCCCCCCCC)OC(=O)CCCCCCCCCCCCCCCCCC(C)C. The van der Waals surface area contributed by atoms with Gasteiger partial charge in [0.25, 0.3) is 0 Å². The average Bonchev–Trinajstić information content (AvgIpc) is 1.80. The molecular formula is C74H144O17P2. The van der Waals surface area contributed by atoms with Crippen molar-refractivity contribution in [3.8, 4) is 0 Å². The number of aliphatic hydroxyl groups excluding tert-OH is 1. The molecule has 0 heterocycles. The third kappa shape index (κ3) is 68.4. The van der Waals surface area contributed by atoms with E-state index >= 15 is 0 Å². The number of unbranched alkanes of at least 4 members (excludes halogenated alkanes) is 46. The van der Waals surface area contributed by atoms with Crippen LogP contribution in [0.4, 0.5) is 0 Å². The van der Waals surface area contributed by atoms with Gasteiger partial charge in [-0.3, -0.25) is 37.3 Å². The van der Waals surface area contributed by atoms with Gasteiger partial charge in [-0.15, -0.1) is 0 Å². The van der Waals surface area contributed by atoms with Crippen LogP contribution in [0.1, 0.15) is 388 Å². The minimum atomic E-state index is -4.95. The lowest BCUT2D eigenvalue weighted by molar-refractivity contribution is -0.161. The van der Waals surface area contributed by atoms with Gasteiger partial charge in [0.05, 0.1) is 26.4 Å². The van der Waals surface area contributed by atoms with Crippen molar-refractivity contribution in [2.24, 2.45) is 5.92 Å². The molecule has 0 rings (SSSR count). The maximum atomic E-state index is 13.1. The van der Waals surface area contributed by atoms with Crippen LogP contribution < -0.4 is 0 Å². The van der Waals surface area contributed by atoms with Crippen molar-refractivity contribution in [3.05, 3.63) is 0 Å². The molecule has 0 aromatic carbocycles. The van der Waals surface area contributed by atoms with Crippen molar-refractivity contribution in [1.29, 1.82) is 0 Å². The molecule has 93 heavy (non-hydrogen) atoms. The Morgan fingerprint density at radius 1 is 0.290 bits per heavy atom. The van der Waals surface area contributed by atoms with Crippen LogP contribution >= 0.6 is 15.6 Å². The van der Waals surface area contributed by atoms with Crippen molar-refractivity contribution >= 4 is 39.5 Å². The topological polar surface area (TPSA) is 237 Å². The van der Waals surface area contributed by atoms with E-state index in [0.29, 0.717) is 25.7 Å². The zero-order valence-electron chi connectivity index (χ0n) is 60.4. The van der Waals surface area contributed by atoms with Crippen LogP contribution in [-0.2, 0) is 65.4 Å². The highest BCUT2D eigenvalue weighted by molar-refractivity contribution is 7.47. The first kappa shape index (κ1) is 91.1. The maximum Gasteiger partial charge on any atom is 0.472 e. The van der Waals surface area contributed by atoms with Crippen molar-refractivity contribution in [2.45, 2.75) is 406 Å². The molecule has 19 heteroatoms. The molecule has 0 radical (unpaired) electrons. The van der Waals surface area contributed by atoms with E-state index in [1.54, 1.807) is 0 Å². The molecule has 3 N–H and O–H groups in total. The Morgan fingerprint density at radius 3 is 0.731 bits per heavy atom. The summed E-state index contributed by atoms with van der Waals surface area (Å²) in [6.07, 6.45) is 55.6. The van der Waals surface area contributed by atoms with Crippen LogP contribution in [0.15, 0.2) is 0 Å². The van der Waals surface area contributed by atoms with Gasteiger partial charge in [-0.05, 0) is 31.6 Å². The Hall–Kier alpha value is -1.94. The molecule has 552 valence electrons. The summed E-state index contributed by atoms with van der Waals surface area (Å²) in [7, 11) is -9.90. The van der Waals surface area contributed by atoms with Gasteiger partial charge < -0.3 is 33.8 Å². The number of phosphoric acid groups is 2. The molecule has 5 atom stereocenters. The number of rotatable bonds is 74.